The maximum atomic E-state index is 11.4. The highest BCUT2D eigenvalue weighted by atomic mass is 16.5. The normalized spacial score (nSPS) is 11.7. The van der Waals surface area contributed by atoms with Gasteiger partial charge in [0.25, 0.3) is 5.91 Å². The third kappa shape index (κ3) is 4.08. The van der Waals surface area contributed by atoms with Crippen molar-refractivity contribution in [2.24, 2.45) is 0 Å². The van der Waals surface area contributed by atoms with Crippen LogP contribution in [0.2, 0.25) is 0 Å². The number of hydrogen-bond donors (Lipinski definition) is 1. The van der Waals surface area contributed by atoms with E-state index in [0.29, 0.717) is 5.75 Å². The number of benzene rings is 1. The molecule has 0 unspecified atom stereocenters. The van der Waals surface area contributed by atoms with E-state index >= 15 is 0 Å². The molecule has 0 saturated carbocycles. The van der Waals surface area contributed by atoms with Gasteiger partial charge in [-0.3, -0.25) is 4.79 Å². The molecule has 1 aromatic rings. The molecule has 0 aromatic heterocycles. The largest absolute Gasteiger partial charge is 0.548 e. The van der Waals surface area contributed by atoms with Gasteiger partial charge in [-0.1, -0.05) is 12.1 Å². The Kier molecular flexibility index (Phi) is 4.71. The lowest BCUT2D eigenvalue weighted by molar-refractivity contribution is -0.307. The highest BCUT2D eigenvalue weighted by molar-refractivity contribution is 5.83. The maximum Gasteiger partial charge on any atom is 0.258 e. The minimum absolute atomic E-state index is 0.220. The van der Waals surface area contributed by atoms with Gasteiger partial charge in [0.1, 0.15) is 5.75 Å². The third-order valence-electron chi connectivity index (χ3n) is 2.43. The van der Waals surface area contributed by atoms with Crippen molar-refractivity contribution in [1.82, 2.24) is 5.32 Å². The van der Waals surface area contributed by atoms with Crippen LogP contribution < -0.4 is 15.2 Å². The molecule has 5 heteroatoms. The third-order valence-corrected chi connectivity index (χ3v) is 2.43. The Morgan fingerprint density at radius 1 is 1.39 bits per heavy atom. The van der Waals surface area contributed by atoms with E-state index in [-0.39, 0.29) is 6.61 Å². The topological polar surface area (TPSA) is 78.5 Å². The molecule has 0 saturated heterocycles. The number of amides is 1. The van der Waals surface area contributed by atoms with Crippen LogP contribution in [0.5, 0.6) is 5.75 Å². The fourth-order valence-corrected chi connectivity index (χ4v) is 1.35. The Hall–Kier alpha value is -2.04. The number of aliphatic carboxylic acids is 1. The molecule has 18 heavy (non-hydrogen) atoms. The van der Waals surface area contributed by atoms with Crippen molar-refractivity contribution in [3.05, 3.63) is 29.3 Å². The fraction of sp³-hybridized carbons (Fsp3) is 0.385. The van der Waals surface area contributed by atoms with Crippen LogP contribution >= 0.6 is 0 Å². The molecule has 0 bridgehead atoms. The van der Waals surface area contributed by atoms with E-state index in [1.54, 1.807) is 0 Å². The van der Waals surface area contributed by atoms with E-state index < -0.39 is 17.9 Å². The lowest BCUT2D eigenvalue weighted by Crippen LogP contribution is -2.47. The summed E-state index contributed by atoms with van der Waals surface area (Å²) in [7, 11) is 0. The Morgan fingerprint density at radius 3 is 2.67 bits per heavy atom. The molecule has 1 N–H and O–H groups in total. The van der Waals surface area contributed by atoms with Crippen LogP contribution in [0.15, 0.2) is 18.2 Å². The van der Waals surface area contributed by atoms with Gasteiger partial charge in [-0.2, -0.15) is 0 Å². The van der Waals surface area contributed by atoms with Gasteiger partial charge in [-0.15, -0.1) is 0 Å². The molecule has 0 radical (unpaired) electrons. The standard InChI is InChI=1S/C13H17NO4/c1-8-4-5-9(2)11(6-8)18-7-12(15)14-10(3)13(16)17/h4-6,10H,7H2,1-3H3,(H,14,15)(H,16,17)/p-1/t10-/m1/s1. The summed E-state index contributed by atoms with van der Waals surface area (Å²) >= 11 is 0. The van der Waals surface area contributed by atoms with Gasteiger partial charge in [0.2, 0.25) is 0 Å². The van der Waals surface area contributed by atoms with E-state index in [1.807, 2.05) is 32.0 Å². The number of carbonyl (C=O) groups is 2. The number of aryl methyl sites for hydroxylation is 2. The zero-order valence-electron chi connectivity index (χ0n) is 10.6. The monoisotopic (exact) mass is 250 g/mol. The van der Waals surface area contributed by atoms with Gasteiger partial charge in [0.15, 0.2) is 6.61 Å². The first-order valence-electron chi connectivity index (χ1n) is 5.60. The SMILES string of the molecule is Cc1ccc(C)c(OCC(=O)N[C@H](C)C(=O)[O-])c1. The molecule has 1 aromatic carbocycles. The minimum atomic E-state index is -1.32. The van der Waals surface area contributed by atoms with Crippen LogP contribution in [0.4, 0.5) is 0 Å². The summed E-state index contributed by atoms with van der Waals surface area (Å²) in [6, 6.07) is 4.64. The van der Waals surface area contributed by atoms with Crippen LogP contribution in [0, 0.1) is 13.8 Å². The molecular formula is C13H16NO4-. The molecule has 1 rings (SSSR count). The first kappa shape index (κ1) is 14.0. The molecule has 0 aliphatic rings. The van der Waals surface area contributed by atoms with Gasteiger partial charge >= 0.3 is 0 Å². The Labute approximate surface area is 106 Å². The molecule has 0 heterocycles. The second-order valence-electron chi connectivity index (χ2n) is 4.17. The molecule has 0 aliphatic carbocycles. The van der Waals surface area contributed by atoms with Crippen molar-refractivity contribution in [2.45, 2.75) is 26.8 Å². The molecular weight excluding hydrogens is 234 g/mol. The highest BCUT2D eigenvalue weighted by Gasteiger charge is 2.09. The van der Waals surface area contributed by atoms with E-state index in [4.69, 9.17) is 4.74 Å². The lowest BCUT2D eigenvalue weighted by Gasteiger charge is -2.15. The van der Waals surface area contributed by atoms with E-state index in [1.165, 1.54) is 6.92 Å². The Balaban J connectivity index is 2.52. The van der Waals surface area contributed by atoms with Crippen LogP contribution in [0.25, 0.3) is 0 Å². The van der Waals surface area contributed by atoms with Crippen LogP contribution in [0.1, 0.15) is 18.1 Å². The van der Waals surface area contributed by atoms with Gasteiger partial charge in [-0.25, -0.2) is 0 Å². The Bertz CT molecular complexity index is 456. The zero-order valence-corrected chi connectivity index (χ0v) is 10.6. The van der Waals surface area contributed by atoms with Crippen molar-refractivity contribution in [3.8, 4) is 5.75 Å². The quantitative estimate of drug-likeness (QED) is 0.794. The number of carboxylic acid groups (broad SMARTS) is 1. The molecule has 5 nitrogen and oxygen atoms in total. The van der Waals surface area contributed by atoms with E-state index in [2.05, 4.69) is 5.32 Å². The van der Waals surface area contributed by atoms with Gasteiger partial charge in [-0.05, 0) is 38.0 Å². The predicted molar refractivity (Wildman–Crippen MR) is 64.0 cm³/mol. The number of carboxylic acids is 1. The fourth-order valence-electron chi connectivity index (χ4n) is 1.35. The molecule has 0 spiro atoms. The smallest absolute Gasteiger partial charge is 0.258 e. The average Bonchev–Trinajstić information content (AvgIpc) is 2.30. The number of carbonyl (C=O) groups excluding carboxylic acids is 2. The number of ether oxygens (including phenoxy) is 1. The van der Waals surface area contributed by atoms with Crippen LogP contribution in [-0.4, -0.2) is 24.5 Å². The van der Waals surface area contributed by atoms with Crippen molar-refractivity contribution in [1.29, 1.82) is 0 Å². The second kappa shape index (κ2) is 6.05. The second-order valence-corrected chi connectivity index (χ2v) is 4.17. The van der Waals surface area contributed by atoms with Gasteiger partial charge < -0.3 is 20.0 Å². The first-order chi connectivity index (χ1) is 8.40. The van der Waals surface area contributed by atoms with Gasteiger partial charge in [0.05, 0.1) is 12.0 Å². The summed E-state index contributed by atoms with van der Waals surface area (Å²) in [5, 5.41) is 12.7. The van der Waals surface area contributed by atoms with Gasteiger partial charge in [0, 0.05) is 0 Å². The van der Waals surface area contributed by atoms with Crippen molar-refractivity contribution in [3.63, 3.8) is 0 Å². The van der Waals surface area contributed by atoms with E-state index in [9.17, 15) is 14.7 Å². The van der Waals surface area contributed by atoms with Crippen LogP contribution in [-0.2, 0) is 9.59 Å². The van der Waals surface area contributed by atoms with E-state index in [0.717, 1.165) is 11.1 Å². The minimum Gasteiger partial charge on any atom is -0.548 e. The summed E-state index contributed by atoms with van der Waals surface area (Å²) in [4.78, 5) is 21.8. The maximum absolute atomic E-state index is 11.4. The number of nitrogens with one attached hydrogen (secondary N) is 1. The summed E-state index contributed by atoms with van der Waals surface area (Å²) in [5.74, 6) is -1.20. The first-order valence-corrected chi connectivity index (χ1v) is 5.60. The summed E-state index contributed by atoms with van der Waals surface area (Å²) in [6.07, 6.45) is 0. The lowest BCUT2D eigenvalue weighted by atomic mass is 10.1. The van der Waals surface area contributed by atoms with Crippen LogP contribution in [0.3, 0.4) is 0 Å². The Morgan fingerprint density at radius 2 is 2.06 bits per heavy atom. The van der Waals surface area contributed by atoms with Crippen molar-refractivity contribution in [2.75, 3.05) is 6.61 Å². The van der Waals surface area contributed by atoms with Crippen molar-refractivity contribution >= 4 is 11.9 Å². The molecule has 1 atom stereocenters. The summed E-state index contributed by atoms with van der Waals surface area (Å²) < 4.78 is 5.33. The molecule has 1 amide bonds. The highest BCUT2D eigenvalue weighted by Crippen LogP contribution is 2.18. The number of rotatable bonds is 5. The number of hydrogen-bond acceptors (Lipinski definition) is 4. The zero-order chi connectivity index (χ0) is 13.7. The summed E-state index contributed by atoms with van der Waals surface area (Å²) in [6.45, 7) is 4.91. The average molecular weight is 250 g/mol. The summed E-state index contributed by atoms with van der Waals surface area (Å²) in [5.41, 5.74) is 1.94. The molecule has 0 fully saturated rings. The predicted octanol–water partition coefficient (Wildman–Crippen LogP) is -0.0632. The molecule has 0 aliphatic heterocycles. The molecule has 98 valence electrons. The van der Waals surface area contributed by atoms with Crippen molar-refractivity contribution < 1.29 is 19.4 Å².